The molecule has 0 saturated heterocycles. The number of amides is 1. The first-order chi connectivity index (χ1) is 14.1. The zero-order chi connectivity index (χ0) is 20.6. The Balaban J connectivity index is 1.87. The molecule has 3 aromatic rings. The molecule has 1 aromatic heterocycles. The molecule has 7 heteroatoms. The Morgan fingerprint density at radius 3 is 2.76 bits per heavy atom. The normalized spacial score (nSPS) is 12.6. The Kier molecular flexibility index (Phi) is 7.24. The summed E-state index contributed by atoms with van der Waals surface area (Å²) in [5.74, 6) is 0. The fraction of sp³-hybridized carbons (Fsp3) is 0.227. The Hall–Kier alpha value is -2.87. The molecule has 1 heterocycles. The number of hydrogen-bond donors (Lipinski definition) is 3. The van der Waals surface area contributed by atoms with Gasteiger partial charge in [-0.25, -0.2) is 10.4 Å². The lowest BCUT2D eigenvalue weighted by atomic mass is 9.97. The quantitative estimate of drug-likeness (QED) is 0.288. The monoisotopic (exact) mass is 408 g/mol. The molecule has 1 amide bonds. The van der Waals surface area contributed by atoms with Crippen LogP contribution in [0.2, 0.25) is 0 Å². The highest BCUT2D eigenvalue weighted by Crippen LogP contribution is 2.25. The number of aliphatic hydroxyl groups excluding tert-OH is 1. The minimum Gasteiger partial charge on any atom is -0.391 e. The maximum Gasteiger partial charge on any atom is 0.227 e. The fourth-order valence-corrected chi connectivity index (χ4v) is 3.82. The SMILES string of the molecule is Cc1ccc(-c2csc(Cc3ccccc3/C(CC(O)CN)=N\NC=O)n2)cc1. The van der Waals surface area contributed by atoms with Gasteiger partial charge in [0.2, 0.25) is 6.41 Å². The Labute approximate surface area is 174 Å². The van der Waals surface area contributed by atoms with Crippen molar-refractivity contribution >= 4 is 23.5 Å². The number of nitrogens with zero attached hydrogens (tertiary/aromatic N) is 2. The van der Waals surface area contributed by atoms with Crippen molar-refractivity contribution in [1.82, 2.24) is 10.4 Å². The third-order valence-electron chi connectivity index (χ3n) is 4.52. The van der Waals surface area contributed by atoms with Crippen LogP contribution in [0, 0.1) is 6.92 Å². The van der Waals surface area contributed by atoms with Gasteiger partial charge in [0.15, 0.2) is 0 Å². The van der Waals surface area contributed by atoms with Crippen molar-refractivity contribution < 1.29 is 9.90 Å². The number of rotatable bonds is 9. The van der Waals surface area contributed by atoms with Gasteiger partial charge in [-0.3, -0.25) is 4.79 Å². The number of aromatic nitrogens is 1. The number of benzene rings is 2. The fourth-order valence-electron chi connectivity index (χ4n) is 2.99. The van der Waals surface area contributed by atoms with E-state index in [0.717, 1.165) is 27.4 Å². The van der Waals surface area contributed by atoms with Crippen LogP contribution in [0.5, 0.6) is 0 Å². The number of carbonyl (C=O) groups excluding carboxylic acids is 1. The van der Waals surface area contributed by atoms with Crippen molar-refractivity contribution in [3.63, 3.8) is 0 Å². The first-order valence-corrected chi connectivity index (χ1v) is 10.2. The summed E-state index contributed by atoms with van der Waals surface area (Å²) >= 11 is 1.61. The zero-order valence-corrected chi connectivity index (χ0v) is 17.0. The van der Waals surface area contributed by atoms with Crippen LogP contribution in [0.15, 0.2) is 59.0 Å². The van der Waals surface area contributed by atoms with E-state index in [1.807, 2.05) is 24.3 Å². The number of thiazole rings is 1. The lowest BCUT2D eigenvalue weighted by molar-refractivity contribution is -0.109. The molecule has 4 N–H and O–H groups in total. The van der Waals surface area contributed by atoms with E-state index in [4.69, 9.17) is 10.7 Å². The van der Waals surface area contributed by atoms with E-state index in [0.29, 0.717) is 18.5 Å². The molecule has 3 rings (SSSR count). The minimum atomic E-state index is -0.733. The number of carbonyl (C=O) groups is 1. The van der Waals surface area contributed by atoms with Gasteiger partial charge in [-0.2, -0.15) is 5.10 Å². The van der Waals surface area contributed by atoms with Crippen molar-refractivity contribution in [1.29, 1.82) is 0 Å². The summed E-state index contributed by atoms with van der Waals surface area (Å²) in [7, 11) is 0. The number of nitrogens with one attached hydrogen (secondary N) is 1. The van der Waals surface area contributed by atoms with Crippen molar-refractivity contribution in [2.24, 2.45) is 10.8 Å². The van der Waals surface area contributed by atoms with Crippen LogP contribution in [-0.2, 0) is 11.2 Å². The Morgan fingerprint density at radius 1 is 1.28 bits per heavy atom. The van der Waals surface area contributed by atoms with Crippen LogP contribution in [0.1, 0.15) is 28.1 Å². The van der Waals surface area contributed by atoms with Crippen molar-refractivity contribution in [3.05, 3.63) is 75.6 Å². The van der Waals surface area contributed by atoms with E-state index in [9.17, 15) is 9.90 Å². The summed E-state index contributed by atoms with van der Waals surface area (Å²) in [5.41, 5.74) is 13.6. The topological polar surface area (TPSA) is 101 Å². The minimum absolute atomic E-state index is 0.120. The smallest absolute Gasteiger partial charge is 0.227 e. The van der Waals surface area contributed by atoms with Crippen molar-refractivity contribution in [3.8, 4) is 11.3 Å². The van der Waals surface area contributed by atoms with Crippen LogP contribution >= 0.6 is 11.3 Å². The molecule has 1 atom stereocenters. The van der Waals surface area contributed by atoms with E-state index >= 15 is 0 Å². The summed E-state index contributed by atoms with van der Waals surface area (Å²) in [6.45, 7) is 2.18. The van der Waals surface area contributed by atoms with Crippen LogP contribution in [0.25, 0.3) is 11.3 Å². The summed E-state index contributed by atoms with van der Waals surface area (Å²) in [5, 5.41) is 17.2. The van der Waals surface area contributed by atoms with Gasteiger partial charge in [0.1, 0.15) is 0 Å². The lowest BCUT2D eigenvalue weighted by Gasteiger charge is -2.14. The van der Waals surface area contributed by atoms with E-state index < -0.39 is 6.10 Å². The maximum absolute atomic E-state index is 10.7. The van der Waals surface area contributed by atoms with Crippen molar-refractivity contribution in [2.45, 2.75) is 25.9 Å². The molecule has 0 radical (unpaired) electrons. The third-order valence-corrected chi connectivity index (χ3v) is 5.37. The van der Waals surface area contributed by atoms with Crippen LogP contribution in [0.4, 0.5) is 0 Å². The average molecular weight is 409 g/mol. The van der Waals surface area contributed by atoms with Gasteiger partial charge in [-0.15, -0.1) is 11.3 Å². The molecular formula is C22H24N4O2S. The van der Waals surface area contributed by atoms with Gasteiger partial charge in [0.25, 0.3) is 0 Å². The molecule has 0 aliphatic carbocycles. The van der Waals surface area contributed by atoms with Gasteiger partial charge < -0.3 is 10.8 Å². The molecule has 1 unspecified atom stereocenters. The molecule has 29 heavy (non-hydrogen) atoms. The molecular weight excluding hydrogens is 384 g/mol. The zero-order valence-electron chi connectivity index (χ0n) is 16.2. The number of aryl methyl sites for hydroxylation is 1. The summed E-state index contributed by atoms with van der Waals surface area (Å²) in [6.07, 6.45) is 0.654. The van der Waals surface area contributed by atoms with Gasteiger partial charge in [0.05, 0.1) is 22.5 Å². The van der Waals surface area contributed by atoms with E-state index in [-0.39, 0.29) is 13.0 Å². The number of hydrogen-bond acceptors (Lipinski definition) is 6. The first-order valence-electron chi connectivity index (χ1n) is 9.34. The molecule has 2 aromatic carbocycles. The molecule has 0 fully saturated rings. The molecule has 150 valence electrons. The van der Waals surface area contributed by atoms with Crippen LogP contribution in [-0.4, -0.2) is 34.9 Å². The summed E-state index contributed by atoms with van der Waals surface area (Å²) < 4.78 is 0. The van der Waals surface area contributed by atoms with E-state index in [2.05, 4.69) is 47.1 Å². The first kappa shape index (κ1) is 20.9. The average Bonchev–Trinajstić information content (AvgIpc) is 3.20. The van der Waals surface area contributed by atoms with Gasteiger partial charge in [0, 0.05) is 35.9 Å². The maximum atomic E-state index is 10.7. The molecule has 0 saturated carbocycles. The Bertz CT molecular complexity index is 982. The highest BCUT2D eigenvalue weighted by atomic mass is 32.1. The van der Waals surface area contributed by atoms with Gasteiger partial charge in [-0.1, -0.05) is 54.1 Å². The van der Waals surface area contributed by atoms with Crippen molar-refractivity contribution in [2.75, 3.05) is 6.54 Å². The predicted octanol–water partition coefficient (Wildman–Crippen LogP) is 2.87. The molecule has 6 nitrogen and oxygen atoms in total. The Morgan fingerprint density at radius 2 is 2.03 bits per heavy atom. The van der Waals surface area contributed by atoms with E-state index in [1.165, 1.54) is 5.56 Å². The van der Waals surface area contributed by atoms with Gasteiger partial charge >= 0.3 is 0 Å². The molecule has 0 aliphatic heterocycles. The molecule has 0 aliphatic rings. The third kappa shape index (κ3) is 5.57. The molecule has 0 spiro atoms. The molecule has 0 bridgehead atoms. The lowest BCUT2D eigenvalue weighted by Crippen LogP contribution is -2.25. The number of hydrazone groups is 1. The second-order valence-corrected chi connectivity index (χ2v) is 7.67. The predicted molar refractivity (Wildman–Crippen MR) is 117 cm³/mol. The largest absolute Gasteiger partial charge is 0.391 e. The van der Waals surface area contributed by atoms with Gasteiger partial charge in [-0.05, 0) is 12.5 Å². The second kappa shape index (κ2) is 10.1. The number of aliphatic hydroxyl groups is 1. The second-order valence-electron chi connectivity index (χ2n) is 6.73. The number of nitrogens with two attached hydrogens (primary N) is 1. The summed E-state index contributed by atoms with van der Waals surface area (Å²) in [4.78, 5) is 15.5. The summed E-state index contributed by atoms with van der Waals surface area (Å²) in [6, 6.07) is 16.1. The standard InChI is InChI=1S/C22H24N4O2S/c1-15-6-8-16(9-7-15)21-13-29-22(25-21)10-17-4-2-3-5-19(17)20(26-24-14-27)11-18(28)12-23/h2-9,13-14,18,28H,10-12,23H2,1H3,(H,24,27)/b26-20-. The van der Waals surface area contributed by atoms with Crippen LogP contribution < -0.4 is 11.2 Å². The van der Waals surface area contributed by atoms with Crippen LogP contribution in [0.3, 0.4) is 0 Å². The van der Waals surface area contributed by atoms with E-state index in [1.54, 1.807) is 11.3 Å². The highest BCUT2D eigenvalue weighted by Gasteiger charge is 2.15. The highest BCUT2D eigenvalue weighted by molar-refractivity contribution is 7.10.